The molecule has 1 atom stereocenters. The number of rotatable bonds is 5. The van der Waals surface area contributed by atoms with Crippen molar-refractivity contribution in [2.45, 2.75) is 58.2 Å². The first-order valence-electron chi connectivity index (χ1n) is 5.68. The number of carbonyl (C=O) groups excluding carboxylic acids is 2. The van der Waals surface area contributed by atoms with E-state index in [4.69, 9.17) is 4.74 Å². The zero-order chi connectivity index (χ0) is 13.7. The van der Waals surface area contributed by atoms with E-state index < -0.39 is 23.2 Å². The highest BCUT2D eigenvalue weighted by molar-refractivity contribution is 6.03. The molecule has 0 N–H and O–H groups in total. The molecular weight excluding hydrogens is 227 g/mol. The number of hydrogen-bond donors (Lipinski definition) is 0. The minimum Gasteiger partial charge on any atom is -0.466 e. The molecule has 0 fully saturated rings. The number of hydrogen-bond acceptors (Lipinski definition) is 4. The SMILES string of the molecule is CCCC[C@@](F)(C(=O)OC)C(=O)OC(C)(C)C. The summed E-state index contributed by atoms with van der Waals surface area (Å²) >= 11 is 0. The molecule has 5 heteroatoms. The van der Waals surface area contributed by atoms with Crippen molar-refractivity contribution in [3.63, 3.8) is 0 Å². The molecule has 0 saturated heterocycles. The van der Waals surface area contributed by atoms with Gasteiger partial charge in [0.1, 0.15) is 5.60 Å². The highest BCUT2D eigenvalue weighted by Crippen LogP contribution is 2.25. The van der Waals surface area contributed by atoms with Crippen molar-refractivity contribution in [3.05, 3.63) is 0 Å². The van der Waals surface area contributed by atoms with Gasteiger partial charge in [0.05, 0.1) is 7.11 Å². The fourth-order valence-electron chi connectivity index (χ4n) is 1.23. The fourth-order valence-corrected chi connectivity index (χ4v) is 1.23. The Morgan fingerprint density at radius 3 is 2.06 bits per heavy atom. The Hall–Kier alpha value is -1.13. The Labute approximate surface area is 101 Å². The standard InChI is InChI=1S/C12H21FO4/c1-6-7-8-12(13,9(14)16-5)10(15)17-11(2,3)4/h6-8H2,1-5H3/t12-/m1/s1. The average molecular weight is 248 g/mol. The number of halogens is 1. The van der Waals surface area contributed by atoms with Crippen LogP contribution in [0.5, 0.6) is 0 Å². The van der Waals surface area contributed by atoms with E-state index in [1.54, 1.807) is 20.8 Å². The second-order valence-corrected chi connectivity index (χ2v) is 4.90. The number of carbonyl (C=O) groups is 2. The first kappa shape index (κ1) is 15.9. The predicted molar refractivity (Wildman–Crippen MR) is 61.2 cm³/mol. The van der Waals surface area contributed by atoms with Gasteiger partial charge in [-0.05, 0) is 27.2 Å². The summed E-state index contributed by atoms with van der Waals surface area (Å²) in [5.74, 6) is -2.37. The normalized spacial score (nSPS) is 14.9. The van der Waals surface area contributed by atoms with Gasteiger partial charge in [-0.1, -0.05) is 13.3 Å². The molecule has 0 aliphatic rings. The zero-order valence-corrected chi connectivity index (χ0v) is 11.1. The minimum atomic E-state index is -2.70. The molecule has 0 aliphatic carbocycles. The van der Waals surface area contributed by atoms with Crippen molar-refractivity contribution in [2.24, 2.45) is 0 Å². The van der Waals surface area contributed by atoms with E-state index in [2.05, 4.69) is 4.74 Å². The molecule has 0 aliphatic heterocycles. The molecule has 0 bridgehead atoms. The Morgan fingerprint density at radius 2 is 1.71 bits per heavy atom. The molecule has 0 aromatic heterocycles. The molecule has 0 unspecified atom stereocenters. The lowest BCUT2D eigenvalue weighted by atomic mass is 9.98. The van der Waals surface area contributed by atoms with Crippen molar-refractivity contribution in [3.8, 4) is 0 Å². The molecule has 0 amide bonds. The van der Waals surface area contributed by atoms with Crippen LogP contribution in [0.3, 0.4) is 0 Å². The monoisotopic (exact) mass is 248 g/mol. The molecular formula is C12H21FO4. The fraction of sp³-hybridized carbons (Fsp3) is 0.833. The van der Waals surface area contributed by atoms with Crippen LogP contribution in [0.1, 0.15) is 47.0 Å². The van der Waals surface area contributed by atoms with E-state index in [-0.39, 0.29) is 6.42 Å². The lowest BCUT2D eigenvalue weighted by Gasteiger charge is -2.26. The van der Waals surface area contributed by atoms with Crippen LogP contribution >= 0.6 is 0 Å². The largest absolute Gasteiger partial charge is 0.466 e. The van der Waals surface area contributed by atoms with Crippen molar-refractivity contribution in [1.82, 2.24) is 0 Å². The zero-order valence-electron chi connectivity index (χ0n) is 11.1. The first-order valence-corrected chi connectivity index (χ1v) is 5.68. The summed E-state index contributed by atoms with van der Waals surface area (Å²) in [6.07, 6.45) is 0.862. The highest BCUT2D eigenvalue weighted by Gasteiger charge is 2.50. The third kappa shape index (κ3) is 4.71. The van der Waals surface area contributed by atoms with Gasteiger partial charge < -0.3 is 9.47 Å². The van der Waals surface area contributed by atoms with Crippen LogP contribution in [0.25, 0.3) is 0 Å². The maximum Gasteiger partial charge on any atom is 0.356 e. The van der Waals surface area contributed by atoms with E-state index in [0.29, 0.717) is 12.8 Å². The quantitative estimate of drug-likeness (QED) is 0.553. The van der Waals surface area contributed by atoms with Crippen LogP contribution in [0.15, 0.2) is 0 Å². The van der Waals surface area contributed by atoms with Gasteiger partial charge in [-0.15, -0.1) is 0 Å². The molecule has 4 nitrogen and oxygen atoms in total. The lowest BCUT2D eigenvalue weighted by Crippen LogP contribution is -2.47. The number of unbranched alkanes of at least 4 members (excludes halogenated alkanes) is 1. The molecule has 0 radical (unpaired) electrons. The molecule has 0 aromatic carbocycles. The van der Waals surface area contributed by atoms with Gasteiger partial charge in [-0.25, -0.2) is 14.0 Å². The highest BCUT2D eigenvalue weighted by atomic mass is 19.1. The van der Waals surface area contributed by atoms with E-state index in [1.807, 2.05) is 6.92 Å². The van der Waals surface area contributed by atoms with Crippen LogP contribution in [0.2, 0.25) is 0 Å². The molecule has 0 aromatic rings. The third-order valence-electron chi connectivity index (χ3n) is 2.11. The first-order chi connectivity index (χ1) is 7.67. The Kier molecular flexibility index (Phi) is 5.58. The van der Waals surface area contributed by atoms with Gasteiger partial charge in [0, 0.05) is 6.42 Å². The summed E-state index contributed by atoms with van der Waals surface area (Å²) < 4.78 is 23.6. The summed E-state index contributed by atoms with van der Waals surface area (Å²) in [4.78, 5) is 23.1. The topological polar surface area (TPSA) is 52.6 Å². The summed E-state index contributed by atoms with van der Waals surface area (Å²) in [6.45, 7) is 6.68. The maximum atomic E-state index is 14.3. The predicted octanol–water partition coefficient (Wildman–Crippen LogP) is 2.40. The second-order valence-electron chi connectivity index (χ2n) is 4.90. The van der Waals surface area contributed by atoms with Gasteiger partial charge in [0.2, 0.25) is 0 Å². The van der Waals surface area contributed by atoms with Gasteiger partial charge in [0.15, 0.2) is 0 Å². The van der Waals surface area contributed by atoms with E-state index in [9.17, 15) is 14.0 Å². The van der Waals surface area contributed by atoms with E-state index >= 15 is 0 Å². The molecule has 100 valence electrons. The summed E-state index contributed by atoms with van der Waals surface area (Å²) in [5, 5.41) is 0. The van der Waals surface area contributed by atoms with Crippen LogP contribution in [-0.4, -0.2) is 30.3 Å². The molecule has 0 heterocycles. The van der Waals surface area contributed by atoms with Crippen LogP contribution in [-0.2, 0) is 19.1 Å². The van der Waals surface area contributed by atoms with Crippen molar-refractivity contribution in [2.75, 3.05) is 7.11 Å². The molecule has 17 heavy (non-hydrogen) atoms. The number of alkyl halides is 1. The van der Waals surface area contributed by atoms with Crippen molar-refractivity contribution < 1.29 is 23.5 Å². The third-order valence-corrected chi connectivity index (χ3v) is 2.11. The second kappa shape index (κ2) is 5.98. The smallest absolute Gasteiger partial charge is 0.356 e. The van der Waals surface area contributed by atoms with Gasteiger partial charge in [-0.2, -0.15) is 0 Å². The van der Waals surface area contributed by atoms with Crippen molar-refractivity contribution >= 4 is 11.9 Å². The molecule has 0 saturated carbocycles. The van der Waals surface area contributed by atoms with Crippen LogP contribution < -0.4 is 0 Å². The van der Waals surface area contributed by atoms with Gasteiger partial charge >= 0.3 is 17.6 Å². The number of methoxy groups -OCH3 is 1. The number of esters is 2. The average Bonchev–Trinajstić information content (AvgIpc) is 2.22. The molecule has 0 spiro atoms. The summed E-state index contributed by atoms with van der Waals surface area (Å²) in [5.41, 5.74) is -3.54. The Morgan fingerprint density at radius 1 is 1.18 bits per heavy atom. The number of ether oxygens (including phenoxy) is 2. The van der Waals surface area contributed by atoms with Crippen LogP contribution in [0.4, 0.5) is 4.39 Å². The van der Waals surface area contributed by atoms with E-state index in [1.165, 1.54) is 0 Å². The Balaban J connectivity index is 4.91. The maximum absolute atomic E-state index is 14.3. The Bertz CT molecular complexity index is 283. The van der Waals surface area contributed by atoms with E-state index in [0.717, 1.165) is 7.11 Å². The van der Waals surface area contributed by atoms with Crippen LogP contribution in [0, 0.1) is 0 Å². The van der Waals surface area contributed by atoms with Gasteiger partial charge in [0.25, 0.3) is 0 Å². The van der Waals surface area contributed by atoms with Crippen molar-refractivity contribution in [1.29, 1.82) is 0 Å². The molecule has 0 rings (SSSR count). The summed E-state index contributed by atoms with van der Waals surface area (Å²) in [7, 11) is 1.05. The lowest BCUT2D eigenvalue weighted by molar-refractivity contribution is -0.181. The minimum absolute atomic E-state index is 0.217. The summed E-state index contributed by atoms with van der Waals surface area (Å²) in [6, 6.07) is 0. The van der Waals surface area contributed by atoms with Gasteiger partial charge in [-0.3, -0.25) is 0 Å².